The quantitative estimate of drug-likeness (QED) is 0.574. The largest absolute Gasteiger partial charge is 0.493 e. The van der Waals surface area contributed by atoms with E-state index in [4.69, 9.17) is 14.6 Å². The Kier molecular flexibility index (Phi) is 7.50. The number of ether oxygens (including phenoxy) is 2. The lowest BCUT2D eigenvalue weighted by Gasteiger charge is -2.28. The van der Waals surface area contributed by atoms with Gasteiger partial charge in [-0.05, 0) is 44.0 Å². The second-order valence-electron chi connectivity index (χ2n) is 5.34. The molecular formula is C16H27NO4. The Balaban J connectivity index is 2.49. The highest BCUT2D eigenvalue weighted by atomic mass is 16.5. The summed E-state index contributed by atoms with van der Waals surface area (Å²) in [5.74, 6) is 1.29. The van der Waals surface area contributed by atoms with Crippen molar-refractivity contribution in [1.29, 1.82) is 0 Å². The first-order valence-electron chi connectivity index (χ1n) is 7.35. The topological polar surface area (TPSA) is 71.0 Å². The van der Waals surface area contributed by atoms with E-state index in [9.17, 15) is 5.11 Å². The lowest BCUT2D eigenvalue weighted by atomic mass is 9.97. The molecule has 3 N–H and O–H groups in total. The third kappa shape index (κ3) is 5.53. The monoisotopic (exact) mass is 297 g/mol. The maximum Gasteiger partial charge on any atom is 0.161 e. The summed E-state index contributed by atoms with van der Waals surface area (Å²) >= 11 is 0. The number of nitrogens with one attached hydrogen (secondary N) is 1. The summed E-state index contributed by atoms with van der Waals surface area (Å²) in [6, 6.07) is 5.39. The van der Waals surface area contributed by atoms with Gasteiger partial charge in [-0.1, -0.05) is 13.0 Å². The molecule has 0 heterocycles. The minimum absolute atomic E-state index is 0.0197. The molecule has 0 saturated heterocycles. The van der Waals surface area contributed by atoms with Crippen molar-refractivity contribution in [3.05, 3.63) is 23.8 Å². The lowest BCUT2D eigenvalue weighted by Crippen LogP contribution is -2.45. The zero-order chi connectivity index (χ0) is 15.7. The third-order valence-corrected chi connectivity index (χ3v) is 3.49. The van der Waals surface area contributed by atoms with Crippen molar-refractivity contribution in [2.45, 2.75) is 38.8 Å². The number of benzene rings is 1. The average Bonchev–Trinajstić information content (AvgIpc) is 2.51. The van der Waals surface area contributed by atoms with E-state index in [0.29, 0.717) is 18.1 Å². The first-order chi connectivity index (χ1) is 10.1. The predicted octanol–water partition coefficient (Wildman–Crippen LogP) is 1.71. The molecule has 1 aromatic rings. The van der Waals surface area contributed by atoms with Crippen LogP contribution in [0.3, 0.4) is 0 Å². The Bertz CT molecular complexity index is 425. The summed E-state index contributed by atoms with van der Waals surface area (Å²) < 4.78 is 11.0. The summed E-state index contributed by atoms with van der Waals surface area (Å²) in [7, 11) is 1.58. The third-order valence-electron chi connectivity index (χ3n) is 3.49. The molecular weight excluding hydrogens is 270 g/mol. The fourth-order valence-corrected chi connectivity index (χ4v) is 2.22. The van der Waals surface area contributed by atoms with Crippen LogP contribution in [0.4, 0.5) is 0 Å². The molecule has 0 radical (unpaired) electrons. The molecule has 0 aliphatic heterocycles. The second-order valence-corrected chi connectivity index (χ2v) is 5.34. The van der Waals surface area contributed by atoms with Gasteiger partial charge in [0.2, 0.25) is 0 Å². The van der Waals surface area contributed by atoms with E-state index in [0.717, 1.165) is 24.9 Å². The van der Waals surface area contributed by atoms with Gasteiger partial charge in [0.25, 0.3) is 0 Å². The Hall–Kier alpha value is -1.30. The van der Waals surface area contributed by atoms with Crippen LogP contribution < -0.4 is 14.8 Å². The maximum absolute atomic E-state index is 9.43. The van der Waals surface area contributed by atoms with Gasteiger partial charge in [-0.3, -0.25) is 0 Å². The second kappa shape index (κ2) is 8.87. The van der Waals surface area contributed by atoms with Gasteiger partial charge >= 0.3 is 0 Å². The highest BCUT2D eigenvalue weighted by Gasteiger charge is 2.21. The SMILES string of the molecule is CCNC(C)(CO)CCCOc1ccc(CO)cc1OC. The number of hydrogen-bond donors (Lipinski definition) is 3. The molecule has 1 unspecified atom stereocenters. The molecule has 0 spiro atoms. The van der Waals surface area contributed by atoms with E-state index < -0.39 is 0 Å². The van der Waals surface area contributed by atoms with Crippen LogP contribution in [0.1, 0.15) is 32.3 Å². The molecule has 0 aliphatic carbocycles. The molecule has 0 fully saturated rings. The van der Waals surface area contributed by atoms with E-state index in [1.807, 2.05) is 19.9 Å². The van der Waals surface area contributed by atoms with Crippen molar-refractivity contribution >= 4 is 0 Å². The molecule has 0 amide bonds. The van der Waals surface area contributed by atoms with Gasteiger partial charge in [0.05, 0.1) is 26.9 Å². The fourth-order valence-electron chi connectivity index (χ4n) is 2.22. The summed E-state index contributed by atoms with van der Waals surface area (Å²) in [5, 5.41) is 21.8. The standard InChI is InChI=1S/C16H27NO4/c1-4-17-16(2,12-19)8-5-9-21-14-7-6-13(11-18)10-15(14)20-3/h6-7,10,17-19H,4-5,8-9,11-12H2,1-3H3. The minimum Gasteiger partial charge on any atom is -0.493 e. The predicted molar refractivity (Wildman–Crippen MR) is 82.8 cm³/mol. The molecule has 5 heteroatoms. The molecule has 1 aromatic carbocycles. The lowest BCUT2D eigenvalue weighted by molar-refractivity contribution is 0.157. The van der Waals surface area contributed by atoms with Crippen molar-refractivity contribution < 1.29 is 19.7 Å². The van der Waals surface area contributed by atoms with Gasteiger partial charge in [-0.15, -0.1) is 0 Å². The summed E-state index contributed by atoms with van der Waals surface area (Å²) in [5.41, 5.74) is 0.530. The van der Waals surface area contributed by atoms with Crippen LogP contribution in [0.25, 0.3) is 0 Å². The van der Waals surface area contributed by atoms with Gasteiger partial charge in [-0.2, -0.15) is 0 Å². The van der Waals surface area contributed by atoms with Crippen molar-refractivity contribution in [2.24, 2.45) is 0 Å². The van der Waals surface area contributed by atoms with Crippen LogP contribution in [-0.2, 0) is 6.61 Å². The normalized spacial score (nSPS) is 13.8. The van der Waals surface area contributed by atoms with Crippen LogP contribution in [-0.4, -0.2) is 42.6 Å². The highest BCUT2D eigenvalue weighted by molar-refractivity contribution is 5.42. The zero-order valence-corrected chi connectivity index (χ0v) is 13.2. The van der Waals surface area contributed by atoms with Crippen molar-refractivity contribution in [2.75, 3.05) is 26.9 Å². The zero-order valence-electron chi connectivity index (χ0n) is 13.2. The Labute approximate surface area is 126 Å². The van der Waals surface area contributed by atoms with E-state index in [1.54, 1.807) is 19.2 Å². The Morgan fingerprint density at radius 2 is 2.00 bits per heavy atom. The van der Waals surface area contributed by atoms with E-state index in [1.165, 1.54) is 0 Å². The van der Waals surface area contributed by atoms with Crippen LogP contribution in [0, 0.1) is 0 Å². The fraction of sp³-hybridized carbons (Fsp3) is 0.625. The summed E-state index contributed by atoms with van der Waals surface area (Å²) in [4.78, 5) is 0. The van der Waals surface area contributed by atoms with E-state index >= 15 is 0 Å². The molecule has 21 heavy (non-hydrogen) atoms. The molecule has 0 aliphatic rings. The van der Waals surface area contributed by atoms with Crippen molar-refractivity contribution in [3.8, 4) is 11.5 Å². The van der Waals surface area contributed by atoms with Crippen LogP contribution in [0.5, 0.6) is 11.5 Å². The molecule has 0 aromatic heterocycles. The van der Waals surface area contributed by atoms with Crippen molar-refractivity contribution in [3.63, 3.8) is 0 Å². The van der Waals surface area contributed by atoms with Gasteiger partial charge < -0.3 is 25.0 Å². The average molecular weight is 297 g/mol. The number of likely N-dealkylation sites (N-methyl/N-ethyl adjacent to an activating group) is 1. The van der Waals surface area contributed by atoms with Gasteiger partial charge in [0.1, 0.15) is 0 Å². The van der Waals surface area contributed by atoms with E-state index in [-0.39, 0.29) is 18.8 Å². The first-order valence-corrected chi connectivity index (χ1v) is 7.35. The van der Waals surface area contributed by atoms with Gasteiger partial charge in [0.15, 0.2) is 11.5 Å². The smallest absolute Gasteiger partial charge is 0.161 e. The minimum atomic E-state index is -0.261. The highest BCUT2D eigenvalue weighted by Crippen LogP contribution is 2.28. The number of aliphatic hydroxyl groups excluding tert-OH is 2. The Morgan fingerprint density at radius 3 is 2.57 bits per heavy atom. The Morgan fingerprint density at radius 1 is 1.24 bits per heavy atom. The summed E-state index contributed by atoms with van der Waals surface area (Å²) in [6.45, 7) is 5.50. The molecule has 1 rings (SSSR count). The van der Waals surface area contributed by atoms with Gasteiger partial charge in [0, 0.05) is 5.54 Å². The molecule has 120 valence electrons. The van der Waals surface area contributed by atoms with E-state index in [2.05, 4.69) is 5.32 Å². The van der Waals surface area contributed by atoms with Crippen LogP contribution >= 0.6 is 0 Å². The summed E-state index contributed by atoms with van der Waals surface area (Å²) in [6.07, 6.45) is 1.66. The van der Waals surface area contributed by atoms with Crippen molar-refractivity contribution in [1.82, 2.24) is 5.32 Å². The first kappa shape index (κ1) is 17.8. The number of methoxy groups -OCH3 is 1. The molecule has 5 nitrogen and oxygen atoms in total. The van der Waals surface area contributed by atoms with Crippen LogP contribution in [0.15, 0.2) is 18.2 Å². The number of rotatable bonds is 10. The molecule has 0 bridgehead atoms. The molecule has 0 saturated carbocycles. The molecule has 1 atom stereocenters. The van der Waals surface area contributed by atoms with Crippen LogP contribution in [0.2, 0.25) is 0 Å². The maximum atomic E-state index is 9.43. The van der Waals surface area contributed by atoms with Gasteiger partial charge in [-0.25, -0.2) is 0 Å². The number of aliphatic hydroxyl groups is 2. The number of hydrogen-bond acceptors (Lipinski definition) is 5.